The summed E-state index contributed by atoms with van der Waals surface area (Å²) in [6.07, 6.45) is -0.990. The molecule has 0 bridgehead atoms. The average Bonchev–Trinajstić information content (AvgIpc) is 3.03. The second-order valence-corrected chi connectivity index (χ2v) is 11.5. The van der Waals surface area contributed by atoms with Crippen LogP contribution in [0.5, 0.6) is 17.4 Å². The number of rotatable bonds is 9. The predicted octanol–water partition coefficient (Wildman–Crippen LogP) is 7.28. The molecule has 3 aromatic carbocycles. The van der Waals surface area contributed by atoms with Crippen molar-refractivity contribution in [2.75, 3.05) is 37.7 Å². The van der Waals surface area contributed by atoms with E-state index in [9.17, 15) is 4.79 Å². The van der Waals surface area contributed by atoms with Crippen molar-refractivity contribution in [3.8, 4) is 28.5 Å². The third-order valence-electron chi connectivity index (χ3n) is 6.89. The summed E-state index contributed by atoms with van der Waals surface area (Å²) >= 11 is 0. The van der Waals surface area contributed by atoms with E-state index in [-0.39, 0.29) is 6.54 Å². The zero-order valence-corrected chi connectivity index (χ0v) is 25.9. The molecule has 1 aliphatic rings. The van der Waals surface area contributed by atoms with Crippen molar-refractivity contribution in [3.63, 3.8) is 0 Å². The molecule has 1 fully saturated rings. The predicted molar refractivity (Wildman–Crippen MR) is 172 cm³/mol. The molecule has 0 saturated carbocycles. The Labute approximate surface area is 263 Å². The van der Waals surface area contributed by atoms with E-state index in [0.29, 0.717) is 42.1 Å². The van der Waals surface area contributed by atoms with Crippen LogP contribution in [0.25, 0.3) is 16.0 Å². The van der Waals surface area contributed by atoms with Gasteiger partial charge in [-0.05, 0) is 57.0 Å². The molecular weight excluding hydrogens is 570 g/mol. The molecule has 1 aromatic heterocycles. The first-order valence-corrected chi connectivity index (χ1v) is 14.8. The molecule has 10 nitrogen and oxygen atoms in total. The molecule has 232 valence electrons. The Bertz CT molecular complexity index is 1640. The molecule has 1 atom stereocenters. The van der Waals surface area contributed by atoms with Crippen LogP contribution < -0.4 is 19.7 Å². The Morgan fingerprint density at radius 2 is 1.76 bits per heavy atom. The highest BCUT2D eigenvalue weighted by Gasteiger charge is 2.21. The molecule has 1 unspecified atom stereocenters. The lowest BCUT2D eigenvalue weighted by molar-refractivity contribution is 0.0500. The minimum absolute atomic E-state index is 0.204. The molecule has 1 aliphatic heterocycles. The van der Waals surface area contributed by atoms with Gasteiger partial charge < -0.3 is 29.2 Å². The van der Waals surface area contributed by atoms with Crippen LogP contribution in [-0.4, -0.2) is 54.5 Å². The van der Waals surface area contributed by atoms with Gasteiger partial charge in [-0.3, -0.25) is 0 Å². The van der Waals surface area contributed by atoms with Crippen LogP contribution in [0.4, 0.5) is 16.3 Å². The lowest BCUT2D eigenvalue weighted by Gasteiger charge is -2.28. The fourth-order valence-electron chi connectivity index (χ4n) is 4.81. The van der Waals surface area contributed by atoms with Gasteiger partial charge >= 0.3 is 6.09 Å². The zero-order chi connectivity index (χ0) is 31.8. The minimum Gasteiger partial charge on any atom is -0.484 e. The number of aryl methyl sites for hydroxylation is 1. The van der Waals surface area contributed by atoms with E-state index >= 15 is 0 Å². The molecule has 1 N–H and O–H groups in total. The van der Waals surface area contributed by atoms with Gasteiger partial charge in [-0.2, -0.15) is 4.98 Å². The number of morpholine rings is 1. The molecule has 45 heavy (non-hydrogen) atoms. The van der Waals surface area contributed by atoms with Crippen LogP contribution in [0.15, 0.2) is 78.9 Å². The molecule has 5 rings (SSSR count). The van der Waals surface area contributed by atoms with E-state index in [1.807, 2.05) is 94.4 Å². The van der Waals surface area contributed by atoms with Crippen LogP contribution in [0.3, 0.4) is 0 Å². The standard InChI is InChI=1S/C35H37N5O5/c1-24-38-32(40-17-19-42-20-18-40)22-33(39-24)44-30-21-27(36-5)15-16-29(30)25-11-13-26(14-12-25)31(43-28-9-7-6-8-10-28)23-37-34(41)45-35(2,3)4/h6-16,21-22,31H,17-20,23H2,1-4H3,(H,37,41). The molecule has 0 radical (unpaired) electrons. The summed E-state index contributed by atoms with van der Waals surface area (Å²) in [4.78, 5) is 27.3. The Morgan fingerprint density at radius 1 is 1.02 bits per heavy atom. The quantitative estimate of drug-likeness (QED) is 0.198. The van der Waals surface area contributed by atoms with Crippen LogP contribution in [0.1, 0.15) is 38.3 Å². The summed E-state index contributed by atoms with van der Waals surface area (Å²) in [5, 5.41) is 2.83. The normalized spacial score (nSPS) is 13.8. The zero-order valence-electron chi connectivity index (χ0n) is 25.9. The van der Waals surface area contributed by atoms with Gasteiger partial charge in [0.05, 0.1) is 26.3 Å². The van der Waals surface area contributed by atoms with Crippen molar-refractivity contribution in [1.29, 1.82) is 0 Å². The fourth-order valence-corrected chi connectivity index (χ4v) is 4.81. The highest BCUT2D eigenvalue weighted by molar-refractivity contribution is 5.74. The van der Waals surface area contributed by atoms with Gasteiger partial charge in [0.15, 0.2) is 5.69 Å². The molecular formula is C35H37N5O5. The van der Waals surface area contributed by atoms with E-state index in [1.165, 1.54) is 0 Å². The second-order valence-electron chi connectivity index (χ2n) is 11.5. The van der Waals surface area contributed by atoms with Gasteiger partial charge in [0.25, 0.3) is 0 Å². The topological polar surface area (TPSA) is 99.4 Å². The number of nitrogens with zero attached hydrogens (tertiary/aromatic N) is 4. The molecule has 2 heterocycles. The van der Waals surface area contributed by atoms with E-state index in [1.54, 1.807) is 12.1 Å². The van der Waals surface area contributed by atoms with Gasteiger partial charge in [-0.25, -0.2) is 14.6 Å². The van der Waals surface area contributed by atoms with Gasteiger partial charge in [-0.15, -0.1) is 0 Å². The number of amides is 1. The number of hydrogen-bond donors (Lipinski definition) is 1. The third-order valence-corrected chi connectivity index (χ3v) is 6.89. The molecule has 10 heteroatoms. The number of para-hydroxylation sites is 1. The lowest BCUT2D eigenvalue weighted by atomic mass is 10.0. The maximum Gasteiger partial charge on any atom is 0.407 e. The van der Waals surface area contributed by atoms with Crippen molar-refractivity contribution < 1.29 is 23.7 Å². The maximum atomic E-state index is 12.4. The minimum atomic E-state index is -0.612. The largest absolute Gasteiger partial charge is 0.484 e. The van der Waals surface area contributed by atoms with Crippen LogP contribution >= 0.6 is 0 Å². The molecule has 0 spiro atoms. The van der Waals surface area contributed by atoms with Crippen LogP contribution in [-0.2, 0) is 9.47 Å². The first-order valence-electron chi connectivity index (χ1n) is 14.8. The van der Waals surface area contributed by atoms with Crippen LogP contribution in [0, 0.1) is 13.5 Å². The number of benzene rings is 3. The summed E-state index contributed by atoms with van der Waals surface area (Å²) in [5.74, 6) is 2.95. The average molecular weight is 608 g/mol. The lowest BCUT2D eigenvalue weighted by Crippen LogP contribution is -2.36. The number of ether oxygens (including phenoxy) is 4. The highest BCUT2D eigenvalue weighted by Crippen LogP contribution is 2.37. The van der Waals surface area contributed by atoms with Crippen molar-refractivity contribution in [2.24, 2.45) is 0 Å². The van der Waals surface area contributed by atoms with Crippen molar-refractivity contribution in [2.45, 2.75) is 39.4 Å². The van der Waals surface area contributed by atoms with E-state index in [2.05, 4.69) is 25.0 Å². The van der Waals surface area contributed by atoms with Crippen LogP contribution in [0.2, 0.25) is 0 Å². The summed E-state index contributed by atoms with van der Waals surface area (Å²) in [6.45, 7) is 17.8. The van der Waals surface area contributed by atoms with Gasteiger partial charge in [-0.1, -0.05) is 54.6 Å². The van der Waals surface area contributed by atoms with Gasteiger partial charge in [0, 0.05) is 24.7 Å². The number of carbonyl (C=O) groups excluding carboxylic acids is 1. The Balaban J connectivity index is 1.40. The van der Waals surface area contributed by atoms with Gasteiger partial charge in [0.1, 0.15) is 34.8 Å². The number of nitrogens with one attached hydrogen (secondary N) is 1. The summed E-state index contributed by atoms with van der Waals surface area (Å²) in [7, 11) is 0. The molecule has 1 amide bonds. The molecule has 0 aliphatic carbocycles. The number of alkyl carbamates (subject to hydrolysis) is 1. The molecule has 4 aromatic rings. The summed E-state index contributed by atoms with van der Waals surface area (Å²) in [5.41, 5.74) is 2.38. The first kappa shape index (κ1) is 31.3. The van der Waals surface area contributed by atoms with Crippen molar-refractivity contribution in [3.05, 3.63) is 102 Å². The fraction of sp³-hybridized carbons (Fsp3) is 0.314. The summed E-state index contributed by atoms with van der Waals surface area (Å²) < 4.78 is 23.5. The van der Waals surface area contributed by atoms with Gasteiger partial charge in [0.2, 0.25) is 5.88 Å². The van der Waals surface area contributed by atoms with Crippen molar-refractivity contribution in [1.82, 2.24) is 15.3 Å². The third kappa shape index (κ3) is 8.71. The van der Waals surface area contributed by atoms with E-state index in [4.69, 9.17) is 25.5 Å². The summed E-state index contributed by atoms with van der Waals surface area (Å²) in [6, 6.07) is 24.5. The second kappa shape index (κ2) is 14.1. The van der Waals surface area contributed by atoms with E-state index < -0.39 is 17.8 Å². The highest BCUT2D eigenvalue weighted by atomic mass is 16.6. The Morgan fingerprint density at radius 3 is 2.44 bits per heavy atom. The smallest absolute Gasteiger partial charge is 0.407 e. The Kier molecular flexibility index (Phi) is 9.80. The Hall–Kier alpha value is -5.14. The number of anilines is 1. The number of aromatic nitrogens is 2. The number of carbonyl (C=O) groups is 1. The number of hydrogen-bond acceptors (Lipinski definition) is 8. The first-order chi connectivity index (χ1) is 21.7. The molecule has 1 saturated heterocycles. The monoisotopic (exact) mass is 607 g/mol. The maximum absolute atomic E-state index is 12.4. The van der Waals surface area contributed by atoms with Crippen molar-refractivity contribution >= 4 is 17.6 Å². The van der Waals surface area contributed by atoms with E-state index in [0.717, 1.165) is 35.6 Å². The SMILES string of the molecule is [C-]#[N+]c1ccc(-c2ccc(C(CNC(=O)OC(C)(C)C)Oc3ccccc3)cc2)c(Oc2cc(N3CCOCC3)nc(C)n2)c1.